The number of carbonyl (C=O) groups excluding carboxylic acids is 2. The molecule has 3 rings (SSSR count). The summed E-state index contributed by atoms with van der Waals surface area (Å²) in [6, 6.07) is 0. The fourth-order valence-corrected chi connectivity index (χ4v) is 4.51. The number of ether oxygens (including phenoxy) is 1. The molecule has 2 N–H and O–H groups in total. The maximum Gasteiger partial charge on any atom is 0.261 e. The lowest BCUT2D eigenvalue weighted by Crippen LogP contribution is -2.27. The van der Waals surface area contributed by atoms with Crippen molar-refractivity contribution >= 4 is 39.2 Å². The van der Waals surface area contributed by atoms with Crippen LogP contribution in [0.5, 0.6) is 0 Å². The van der Waals surface area contributed by atoms with E-state index in [9.17, 15) is 9.59 Å². The van der Waals surface area contributed by atoms with Crippen molar-refractivity contribution < 1.29 is 14.3 Å². The fourth-order valence-electron chi connectivity index (χ4n) is 3.44. The van der Waals surface area contributed by atoms with Crippen molar-refractivity contribution in [2.75, 3.05) is 44.7 Å². The monoisotopic (exact) mass is 419 g/mol. The molecule has 0 radical (unpaired) electrons. The number of aromatic nitrogens is 2. The van der Waals surface area contributed by atoms with E-state index >= 15 is 0 Å². The van der Waals surface area contributed by atoms with Crippen molar-refractivity contribution in [1.82, 2.24) is 20.2 Å². The molecule has 0 aromatic carbocycles. The van der Waals surface area contributed by atoms with Gasteiger partial charge in [-0.1, -0.05) is 0 Å². The minimum absolute atomic E-state index is 0.0829. The van der Waals surface area contributed by atoms with Crippen LogP contribution in [0, 0.1) is 6.92 Å². The van der Waals surface area contributed by atoms with Gasteiger partial charge in [0.05, 0.1) is 10.3 Å². The molecule has 0 spiro atoms. The van der Waals surface area contributed by atoms with Crippen LogP contribution in [-0.2, 0) is 9.53 Å². The molecule has 158 valence electrons. The Labute approximate surface area is 175 Å². The third kappa shape index (κ3) is 5.42. The Morgan fingerprint density at radius 2 is 2.17 bits per heavy atom. The van der Waals surface area contributed by atoms with E-state index in [0.29, 0.717) is 37.6 Å². The van der Waals surface area contributed by atoms with Crippen molar-refractivity contribution in [2.24, 2.45) is 0 Å². The zero-order valence-electron chi connectivity index (χ0n) is 17.1. The minimum atomic E-state index is -0.0829. The van der Waals surface area contributed by atoms with Gasteiger partial charge in [-0.2, -0.15) is 0 Å². The molecule has 2 aromatic heterocycles. The van der Waals surface area contributed by atoms with E-state index in [1.807, 2.05) is 18.7 Å². The van der Waals surface area contributed by atoms with Crippen molar-refractivity contribution in [3.8, 4) is 0 Å². The van der Waals surface area contributed by atoms with Gasteiger partial charge in [0.25, 0.3) is 5.91 Å². The first-order chi connectivity index (χ1) is 14.1. The lowest BCUT2D eigenvalue weighted by Gasteiger charge is -2.15. The number of hydrogen-bond acceptors (Lipinski definition) is 7. The van der Waals surface area contributed by atoms with Gasteiger partial charge in [-0.05, 0) is 38.7 Å². The summed E-state index contributed by atoms with van der Waals surface area (Å²) in [5, 5.41) is 7.20. The highest BCUT2D eigenvalue weighted by Gasteiger charge is 2.20. The van der Waals surface area contributed by atoms with Gasteiger partial charge in [0.1, 0.15) is 17.0 Å². The lowest BCUT2D eigenvalue weighted by molar-refractivity contribution is -0.127. The minimum Gasteiger partial charge on any atom is -0.382 e. The van der Waals surface area contributed by atoms with Gasteiger partial charge >= 0.3 is 0 Å². The van der Waals surface area contributed by atoms with E-state index in [1.165, 1.54) is 17.7 Å². The predicted octanol–water partition coefficient (Wildman–Crippen LogP) is 2.58. The number of thiophene rings is 1. The van der Waals surface area contributed by atoms with E-state index in [2.05, 4.69) is 20.6 Å². The number of fused-ring (bicyclic) bond motifs is 1. The van der Waals surface area contributed by atoms with Gasteiger partial charge in [-0.15, -0.1) is 11.3 Å². The van der Waals surface area contributed by atoms with E-state index in [1.54, 1.807) is 0 Å². The summed E-state index contributed by atoms with van der Waals surface area (Å²) in [6.07, 6.45) is 4.80. The SMILES string of the molecule is CCOCCCNC(=O)c1sc2ncnc(NCCCN3CCCC3=O)c2c1C. The number of aryl methyl sites for hydroxylation is 1. The molecule has 8 nitrogen and oxygen atoms in total. The highest BCUT2D eigenvalue weighted by molar-refractivity contribution is 7.20. The van der Waals surface area contributed by atoms with Gasteiger partial charge in [0.2, 0.25) is 5.91 Å². The molecule has 0 unspecified atom stereocenters. The second-order valence-corrected chi connectivity index (χ2v) is 8.03. The van der Waals surface area contributed by atoms with Crippen molar-refractivity contribution in [3.63, 3.8) is 0 Å². The van der Waals surface area contributed by atoms with Gasteiger partial charge in [-0.3, -0.25) is 9.59 Å². The van der Waals surface area contributed by atoms with E-state index < -0.39 is 0 Å². The standard InChI is InChI=1S/C20H29N5O3S/c1-3-28-12-6-9-22-19(27)17-14(2)16-18(23-13-24-20(16)29-17)21-8-5-11-25-10-4-7-15(25)26/h13H,3-12H2,1-2H3,(H,22,27)(H,21,23,24). The van der Waals surface area contributed by atoms with Crippen LogP contribution in [0.4, 0.5) is 5.82 Å². The third-order valence-electron chi connectivity index (χ3n) is 4.96. The Balaban J connectivity index is 1.59. The number of nitrogens with one attached hydrogen (secondary N) is 2. The average Bonchev–Trinajstić information content (AvgIpc) is 3.28. The summed E-state index contributed by atoms with van der Waals surface area (Å²) < 4.78 is 5.30. The van der Waals surface area contributed by atoms with Crippen LogP contribution in [0.25, 0.3) is 10.2 Å². The lowest BCUT2D eigenvalue weighted by atomic mass is 10.2. The molecule has 2 amide bonds. The average molecular weight is 420 g/mol. The molecular weight excluding hydrogens is 390 g/mol. The number of carbonyl (C=O) groups is 2. The molecule has 0 bridgehead atoms. The first-order valence-corrected chi connectivity index (χ1v) is 11.0. The molecule has 1 saturated heterocycles. The molecule has 9 heteroatoms. The molecular formula is C20H29N5O3S. The van der Waals surface area contributed by atoms with Crippen molar-refractivity contribution in [1.29, 1.82) is 0 Å². The zero-order chi connectivity index (χ0) is 20.6. The summed E-state index contributed by atoms with van der Waals surface area (Å²) >= 11 is 1.39. The number of amides is 2. The topological polar surface area (TPSA) is 96.4 Å². The van der Waals surface area contributed by atoms with Crippen LogP contribution in [0.3, 0.4) is 0 Å². The van der Waals surface area contributed by atoms with E-state index in [-0.39, 0.29) is 11.8 Å². The van der Waals surface area contributed by atoms with Gasteiger partial charge in [0.15, 0.2) is 0 Å². The maximum atomic E-state index is 12.6. The largest absolute Gasteiger partial charge is 0.382 e. The Morgan fingerprint density at radius 3 is 2.93 bits per heavy atom. The molecule has 3 heterocycles. The first kappa shape index (κ1) is 21.4. The van der Waals surface area contributed by atoms with Gasteiger partial charge in [-0.25, -0.2) is 9.97 Å². The number of hydrogen-bond donors (Lipinski definition) is 2. The molecule has 0 aliphatic carbocycles. The molecule has 29 heavy (non-hydrogen) atoms. The maximum absolute atomic E-state index is 12.6. The quantitative estimate of drug-likeness (QED) is 0.544. The first-order valence-electron chi connectivity index (χ1n) is 10.2. The van der Waals surface area contributed by atoms with Crippen LogP contribution in [0.2, 0.25) is 0 Å². The van der Waals surface area contributed by atoms with E-state index in [0.717, 1.165) is 53.9 Å². The molecule has 1 aliphatic heterocycles. The highest BCUT2D eigenvalue weighted by atomic mass is 32.1. The van der Waals surface area contributed by atoms with Crippen LogP contribution in [0.15, 0.2) is 6.33 Å². The summed E-state index contributed by atoms with van der Waals surface area (Å²) in [4.78, 5) is 36.4. The zero-order valence-corrected chi connectivity index (χ0v) is 17.9. The fraction of sp³-hybridized carbons (Fsp3) is 0.600. The predicted molar refractivity (Wildman–Crippen MR) is 115 cm³/mol. The molecule has 2 aromatic rings. The van der Waals surface area contributed by atoms with E-state index in [4.69, 9.17) is 4.74 Å². The van der Waals surface area contributed by atoms with Gasteiger partial charge in [0, 0.05) is 45.8 Å². The Hall–Kier alpha value is -2.26. The normalized spacial score (nSPS) is 14.0. The Bertz CT molecular complexity index is 854. The molecule has 0 saturated carbocycles. The number of anilines is 1. The van der Waals surface area contributed by atoms with Crippen molar-refractivity contribution in [3.05, 3.63) is 16.8 Å². The number of nitrogens with zero attached hydrogens (tertiary/aromatic N) is 3. The molecule has 0 atom stereocenters. The third-order valence-corrected chi connectivity index (χ3v) is 6.16. The van der Waals surface area contributed by atoms with Gasteiger partial charge < -0.3 is 20.3 Å². The highest BCUT2D eigenvalue weighted by Crippen LogP contribution is 2.33. The smallest absolute Gasteiger partial charge is 0.261 e. The van der Waals surface area contributed by atoms with Crippen LogP contribution >= 0.6 is 11.3 Å². The van der Waals surface area contributed by atoms with Crippen LogP contribution in [-0.4, -0.2) is 66.1 Å². The number of likely N-dealkylation sites (tertiary alicyclic amines) is 1. The summed E-state index contributed by atoms with van der Waals surface area (Å²) in [7, 11) is 0. The summed E-state index contributed by atoms with van der Waals surface area (Å²) in [5.74, 6) is 0.910. The number of rotatable bonds is 11. The van der Waals surface area contributed by atoms with Crippen LogP contribution in [0.1, 0.15) is 47.8 Å². The Kier molecular flexibility index (Phi) is 7.76. The van der Waals surface area contributed by atoms with Crippen LogP contribution < -0.4 is 10.6 Å². The molecule has 1 aliphatic rings. The second kappa shape index (κ2) is 10.5. The van der Waals surface area contributed by atoms with Crippen molar-refractivity contribution in [2.45, 2.75) is 39.5 Å². The second-order valence-electron chi connectivity index (χ2n) is 7.03. The molecule has 1 fully saturated rings. The summed E-state index contributed by atoms with van der Waals surface area (Å²) in [6.45, 7) is 8.14. The Morgan fingerprint density at radius 1 is 1.31 bits per heavy atom. The summed E-state index contributed by atoms with van der Waals surface area (Å²) in [5.41, 5.74) is 0.894.